The standard InChI is InChI=1S/C21H34N6O4/c28-27(29)20-4-2-19(3-5-20)18-24-21(23-7-9-26-12-16-31-17-13-26)22-6-1-8-25-10-14-30-15-11-25/h2-5H,1,6-18H2,(H2,22,23,24). The second-order valence-electron chi connectivity index (χ2n) is 7.70. The minimum atomic E-state index is -0.387. The zero-order chi connectivity index (χ0) is 21.7. The third kappa shape index (κ3) is 8.78. The lowest BCUT2D eigenvalue weighted by molar-refractivity contribution is -0.384. The van der Waals surface area contributed by atoms with E-state index in [4.69, 9.17) is 9.47 Å². The van der Waals surface area contributed by atoms with Crippen molar-refractivity contribution in [3.05, 3.63) is 39.9 Å². The van der Waals surface area contributed by atoms with Gasteiger partial charge in [0.1, 0.15) is 0 Å². The second-order valence-corrected chi connectivity index (χ2v) is 7.70. The Kier molecular flexibility index (Phi) is 9.97. The normalized spacial score (nSPS) is 18.6. The van der Waals surface area contributed by atoms with Crippen molar-refractivity contribution in [2.75, 3.05) is 78.8 Å². The van der Waals surface area contributed by atoms with Gasteiger partial charge in [-0.2, -0.15) is 0 Å². The molecule has 0 unspecified atom stereocenters. The SMILES string of the molecule is O=[N+]([O-])c1ccc(CN=C(NCCCN2CCOCC2)NCCN2CCOCC2)cc1. The van der Waals surface area contributed by atoms with Gasteiger partial charge in [-0.1, -0.05) is 12.1 Å². The molecule has 0 spiro atoms. The van der Waals surface area contributed by atoms with Crippen molar-refractivity contribution in [1.29, 1.82) is 0 Å². The summed E-state index contributed by atoms with van der Waals surface area (Å²) < 4.78 is 10.8. The van der Waals surface area contributed by atoms with E-state index in [0.29, 0.717) is 6.54 Å². The molecule has 31 heavy (non-hydrogen) atoms. The van der Waals surface area contributed by atoms with E-state index in [1.165, 1.54) is 12.1 Å². The second kappa shape index (κ2) is 13.2. The first kappa shape index (κ1) is 23.4. The molecule has 1 aromatic carbocycles. The lowest BCUT2D eigenvalue weighted by Gasteiger charge is -2.27. The van der Waals surface area contributed by atoms with Gasteiger partial charge < -0.3 is 20.1 Å². The predicted molar refractivity (Wildman–Crippen MR) is 119 cm³/mol. The lowest BCUT2D eigenvalue weighted by Crippen LogP contribution is -2.45. The number of nitrogens with zero attached hydrogens (tertiary/aromatic N) is 4. The highest BCUT2D eigenvalue weighted by Crippen LogP contribution is 2.12. The highest BCUT2D eigenvalue weighted by molar-refractivity contribution is 5.79. The average Bonchev–Trinajstić information content (AvgIpc) is 2.81. The molecule has 0 amide bonds. The van der Waals surface area contributed by atoms with E-state index < -0.39 is 0 Å². The number of ether oxygens (including phenoxy) is 2. The van der Waals surface area contributed by atoms with Crippen molar-refractivity contribution >= 4 is 11.6 Å². The Labute approximate surface area is 183 Å². The van der Waals surface area contributed by atoms with Crippen LogP contribution in [0.5, 0.6) is 0 Å². The lowest BCUT2D eigenvalue weighted by atomic mass is 10.2. The van der Waals surface area contributed by atoms with Crippen LogP contribution in [0.3, 0.4) is 0 Å². The Morgan fingerprint density at radius 3 is 2.13 bits per heavy atom. The molecule has 2 fully saturated rings. The summed E-state index contributed by atoms with van der Waals surface area (Å²) in [5.41, 5.74) is 1.03. The molecule has 2 heterocycles. The van der Waals surface area contributed by atoms with Crippen LogP contribution in [0.1, 0.15) is 12.0 Å². The molecule has 3 rings (SSSR count). The van der Waals surface area contributed by atoms with Gasteiger partial charge in [0, 0.05) is 57.9 Å². The van der Waals surface area contributed by atoms with Gasteiger partial charge in [0.05, 0.1) is 37.9 Å². The maximum Gasteiger partial charge on any atom is 0.269 e. The van der Waals surface area contributed by atoms with Crippen LogP contribution in [0.2, 0.25) is 0 Å². The third-order valence-electron chi connectivity index (χ3n) is 5.44. The van der Waals surface area contributed by atoms with E-state index in [1.54, 1.807) is 12.1 Å². The quantitative estimate of drug-likeness (QED) is 0.182. The minimum Gasteiger partial charge on any atom is -0.379 e. The van der Waals surface area contributed by atoms with Crippen LogP contribution in [0.25, 0.3) is 0 Å². The predicted octanol–water partition coefficient (Wildman–Crippen LogP) is 0.685. The van der Waals surface area contributed by atoms with E-state index in [1.807, 2.05) is 0 Å². The molecule has 10 nitrogen and oxygen atoms in total. The molecule has 2 saturated heterocycles. The van der Waals surface area contributed by atoms with Gasteiger partial charge in [-0.05, 0) is 18.5 Å². The van der Waals surface area contributed by atoms with Gasteiger partial charge in [0.15, 0.2) is 5.96 Å². The monoisotopic (exact) mass is 434 g/mol. The maximum atomic E-state index is 10.8. The molecular weight excluding hydrogens is 400 g/mol. The Balaban J connectivity index is 1.46. The van der Waals surface area contributed by atoms with Crippen molar-refractivity contribution in [2.24, 2.45) is 4.99 Å². The fraction of sp³-hybridized carbons (Fsp3) is 0.667. The van der Waals surface area contributed by atoms with E-state index in [0.717, 1.165) is 96.7 Å². The minimum absolute atomic E-state index is 0.0952. The van der Waals surface area contributed by atoms with Crippen LogP contribution in [0.15, 0.2) is 29.3 Å². The van der Waals surface area contributed by atoms with Gasteiger partial charge in [-0.25, -0.2) is 4.99 Å². The van der Waals surface area contributed by atoms with Crippen molar-refractivity contribution < 1.29 is 14.4 Å². The number of rotatable bonds is 10. The largest absolute Gasteiger partial charge is 0.379 e. The highest BCUT2D eigenvalue weighted by Gasteiger charge is 2.11. The molecular formula is C21H34N6O4. The molecule has 2 aliphatic heterocycles. The molecule has 10 heteroatoms. The zero-order valence-electron chi connectivity index (χ0n) is 18.1. The van der Waals surface area contributed by atoms with Crippen molar-refractivity contribution in [1.82, 2.24) is 20.4 Å². The zero-order valence-corrected chi connectivity index (χ0v) is 18.1. The number of hydrogen-bond acceptors (Lipinski definition) is 7. The van der Waals surface area contributed by atoms with Crippen molar-refractivity contribution in [2.45, 2.75) is 13.0 Å². The van der Waals surface area contributed by atoms with Crippen LogP contribution in [0.4, 0.5) is 5.69 Å². The number of nitrogens with one attached hydrogen (secondary N) is 2. The Hall–Kier alpha value is -2.27. The summed E-state index contributed by atoms with van der Waals surface area (Å²) in [5.74, 6) is 0.772. The summed E-state index contributed by atoms with van der Waals surface area (Å²) >= 11 is 0. The molecule has 0 atom stereocenters. The van der Waals surface area contributed by atoms with E-state index in [-0.39, 0.29) is 10.6 Å². The van der Waals surface area contributed by atoms with E-state index in [2.05, 4.69) is 25.4 Å². The van der Waals surface area contributed by atoms with Crippen LogP contribution < -0.4 is 10.6 Å². The highest BCUT2D eigenvalue weighted by atomic mass is 16.6. The Morgan fingerprint density at radius 2 is 1.52 bits per heavy atom. The number of aliphatic imine (C=N–C) groups is 1. The molecule has 0 aromatic heterocycles. The summed E-state index contributed by atoms with van der Waals surface area (Å²) in [6.07, 6.45) is 1.03. The first-order valence-corrected chi connectivity index (χ1v) is 11.1. The number of nitro groups is 1. The topological polar surface area (TPSA) is 104 Å². The van der Waals surface area contributed by atoms with E-state index in [9.17, 15) is 10.1 Å². The van der Waals surface area contributed by atoms with Gasteiger partial charge in [-0.3, -0.25) is 19.9 Å². The number of morpholine rings is 2. The number of nitro benzene ring substituents is 1. The molecule has 0 bridgehead atoms. The summed E-state index contributed by atoms with van der Waals surface area (Å²) in [6.45, 7) is 11.2. The number of guanidine groups is 1. The molecule has 2 N–H and O–H groups in total. The summed E-state index contributed by atoms with van der Waals surface area (Å²) in [4.78, 5) is 19.9. The van der Waals surface area contributed by atoms with Crippen LogP contribution >= 0.6 is 0 Å². The number of benzene rings is 1. The summed E-state index contributed by atoms with van der Waals surface area (Å²) in [6, 6.07) is 6.55. The molecule has 0 aliphatic carbocycles. The first-order chi connectivity index (χ1) is 15.2. The average molecular weight is 435 g/mol. The van der Waals surface area contributed by atoms with Gasteiger partial charge >= 0.3 is 0 Å². The summed E-state index contributed by atoms with van der Waals surface area (Å²) in [7, 11) is 0. The molecule has 0 saturated carbocycles. The Bertz CT molecular complexity index is 688. The Morgan fingerprint density at radius 1 is 0.935 bits per heavy atom. The maximum absolute atomic E-state index is 10.8. The van der Waals surface area contributed by atoms with Gasteiger partial charge in [-0.15, -0.1) is 0 Å². The fourth-order valence-electron chi connectivity index (χ4n) is 3.56. The van der Waals surface area contributed by atoms with Crippen LogP contribution in [-0.4, -0.2) is 99.5 Å². The van der Waals surface area contributed by atoms with Crippen LogP contribution in [0, 0.1) is 10.1 Å². The first-order valence-electron chi connectivity index (χ1n) is 11.1. The number of non-ortho nitro benzene ring substituents is 1. The molecule has 2 aliphatic rings. The fourth-order valence-corrected chi connectivity index (χ4v) is 3.56. The van der Waals surface area contributed by atoms with E-state index >= 15 is 0 Å². The smallest absolute Gasteiger partial charge is 0.269 e. The number of hydrogen-bond donors (Lipinski definition) is 2. The summed E-state index contributed by atoms with van der Waals surface area (Å²) in [5, 5.41) is 17.7. The van der Waals surface area contributed by atoms with Crippen molar-refractivity contribution in [3.8, 4) is 0 Å². The third-order valence-corrected chi connectivity index (χ3v) is 5.44. The molecule has 1 aromatic rings. The van der Waals surface area contributed by atoms with Crippen molar-refractivity contribution in [3.63, 3.8) is 0 Å². The molecule has 0 radical (unpaired) electrons. The molecule has 172 valence electrons. The van der Waals surface area contributed by atoms with Gasteiger partial charge in [0.25, 0.3) is 5.69 Å². The van der Waals surface area contributed by atoms with Gasteiger partial charge in [0.2, 0.25) is 0 Å². The van der Waals surface area contributed by atoms with Crippen LogP contribution in [-0.2, 0) is 16.0 Å².